The number of alkyl halides is 2. The van der Waals surface area contributed by atoms with Gasteiger partial charge in [-0.2, -0.15) is 10.4 Å². The van der Waals surface area contributed by atoms with Gasteiger partial charge < -0.3 is 10.2 Å². The summed E-state index contributed by atoms with van der Waals surface area (Å²) >= 11 is 5.43. The Balaban J connectivity index is 1.61. The maximum atomic E-state index is 13.5. The van der Waals surface area contributed by atoms with Crippen molar-refractivity contribution in [1.29, 1.82) is 5.26 Å². The Morgan fingerprint density at radius 3 is 2.72 bits per heavy atom. The summed E-state index contributed by atoms with van der Waals surface area (Å²) in [5, 5.41) is 15.6. The summed E-state index contributed by atoms with van der Waals surface area (Å²) in [5.74, 6) is -4.40. The monoisotopic (exact) mass is 577 g/mol. The Labute approximate surface area is 187 Å². The van der Waals surface area contributed by atoms with Gasteiger partial charge in [-0.3, -0.25) is 14.3 Å². The molecule has 3 rings (SSSR count). The largest absolute Gasteiger partial charge is 0.343 e. The van der Waals surface area contributed by atoms with Crippen LogP contribution in [0.1, 0.15) is 22.3 Å². The van der Waals surface area contributed by atoms with E-state index in [1.165, 1.54) is 6.20 Å². The van der Waals surface area contributed by atoms with Crippen molar-refractivity contribution < 1.29 is 18.4 Å². The lowest BCUT2D eigenvalue weighted by Gasteiger charge is -2.19. The first-order valence-corrected chi connectivity index (χ1v) is 10.4. The summed E-state index contributed by atoms with van der Waals surface area (Å²) in [6, 6.07) is 8.33. The van der Waals surface area contributed by atoms with Crippen LogP contribution in [0.5, 0.6) is 0 Å². The fourth-order valence-corrected chi connectivity index (χ4v) is 3.80. The van der Waals surface area contributed by atoms with Gasteiger partial charge in [-0.25, -0.2) is 8.78 Å². The first kappa shape index (κ1) is 21.6. The van der Waals surface area contributed by atoms with Crippen LogP contribution >= 0.6 is 38.5 Å². The number of carbonyl (C=O) groups is 2. The minimum absolute atomic E-state index is 0.215. The number of rotatable bonds is 5. The summed E-state index contributed by atoms with van der Waals surface area (Å²) in [4.78, 5) is 25.4. The van der Waals surface area contributed by atoms with Crippen LogP contribution in [-0.4, -0.2) is 51.5 Å². The molecular weight excluding hydrogens is 563 g/mol. The standard InChI is InChI=1S/C18H15BrF2IN5O2/c19-16-14(9-26(25-16)8-11-1-3-12(22)4-2-11)17(29)24-7-15(28)27-10-18(20,21)5-13(27)6-23/h1-4,9,13H,5,7-8,10H2,(H,24,29)/t13-/m0/s1. The van der Waals surface area contributed by atoms with Crippen molar-refractivity contribution in [2.45, 2.75) is 24.9 Å². The fourth-order valence-electron chi connectivity index (χ4n) is 2.95. The van der Waals surface area contributed by atoms with Gasteiger partial charge in [0.1, 0.15) is 10.6 Å². The van der Waals surface area contributed by atoms with Gasteiger partial charge in [0.25, 0.3) is 11.8 Å². The first-order chi connectivity index (χ1) is 13.7. The number of hydrogen-bond acceptors (Lipinski definition) is 4. The predicted molar refractivity (Wildman–Crippen MR) is 111 cm³/mol. The highest BCUT2D eigenvalue weighted by Crippen LogP contribution is 2.31. The Morgan fingerprint density at radius 2 is 2.07 bits per heavy atom. The number of nitrogens with one attached hydrogen (secondary N) is 1. The molecule has 0 spiro atoms. The lowest BCUT2D eigenvalue weighted by atomic mass is 10.2. The van der Waals surface area contributed by atoms with Gasteiger partial charge in [0.2, 0.25) is 5.91 Å². The van der Waals surface area contributed by atoms with Crippen LogP contribution in [0.4, 0.5) is 8.78 Å². The molecule has 1 aromatic carbocycles. The van der Waals surface area contributed by atoms with E-state index in [1.807, 2.05) is 24.3 Å². The molecule has 2 aromatic rings. The average Bonchev–Trinajstić information content (AvgIpc) is 3.20. The molecule has 1 aliphatic heterocycles. The Bertz CT molecular complexity index is 974. The molecule has 1 saturated heterocycles. The molecule has 1 atom stereocenters. The molecule has 0 radical (unpaired) electrons. The van der Waals surface area contributed by atoms with Gasteiger partial charge in [-0.05, 0) is 56.2 Å². The van der Waals surface area contributed by atoms with Crippen LogP contribution < -0.4 is 5.32 Å². The number of nitriles is 1. The van der Waals surface area contributed by atoms with Crippen molar-refractivity contribution in [3.8, 4) is 6.07 Å². The molecule has 152 valence electrons. The number of aromatic nitrogens is 2. The fraction of sp³-hybridized carbons (Fsp3) is 0.333. The third-order valence-corrected chi connectivity index (χ3v) is 5.66. The van der Waals surface area contributed by atoms with E-state index in [-0.39, 0.29) is 5.56 Å². The summed E-state index contributed by atoms with van der Waals surface area (Å²) in [7, 11) is 0. The number of hydrogen-bond donors (Lipinski definition) is 1. The van der Waals surface area contributed by atoms with Crippen molar-refractivity contribution in [3.05, 3.63) is 49.8 Å². The van der Waals surface area contributed by atoms with E-state index in [4.69, 9.17) is 5.26 Å². The number of likely N-dealkylation sites (tertiary alicyclic amines) is 1. The zero-order chi connectivity index (χ0) is 21.2. The third-order valence-electron chi connectivity index (χ3n) is 4.36. The van der Waals surface area contributed by atoms with Crippen molar-refractivity contribution in [1.82, 2.24) is 20.0 Å². The molecule has 1 aromatic heterocycles. The molecule has 2 amide bonds. The zero-order valence-corrected chi connectivity index (χ0v) is 18.7. The van der Waals surface area contributed by atoms with E-state index in [9.17, 15) is 18.4 Å². The third kappa shape index (κ3) is 5.30. The molecular formula is C18H15BrF2IN5O2. The number of amides is 2. The normalized spacial score (nSPS) is 17.8. The maximum absolute atomic E-state index is 13.5. The smallest absolute Gasteiger partial charge is 0.268 e. The van der Waals surface area contributed by atoms with Crippen LogP contribution in [0.2, 0.25) is 0 Å². The summed E-state index contributed by atoms with van der Waals surface area (Å²) in [6.45, 7) is -0.853. The van der Waals surface area contributed by atoms with Crippen LogP contribution in [0.3, 0.4) is 0 Å². The van der Waals surface area contributed by atoms with E-state index in [2.05, 4.69) is 48.9 Å². The van der Waals surface area contributed by atoms with Crippen molar-refractivity contribution in [2.75, 3.05) is 13.1 Å². The highest BCUT2D eigenvalue weighted by Gasteiger charge is 2.47. The van der Waals surface area contributed by atoms with Gasteiger partial charge in [0.05, 0.1) is 31.3 Å². The molecule has 0 bridgehead atoms. The highest BCUT2D eigenvalue weighted by molar-refractivity contribution is 14.1. The Hall–Kier alpha value is -2.07. The van der Waals surface area contributed by atoms with Gasteiger partial charge in [0, 0.05) is 16.2 Å². The molecule has 7 nitrogen and oxygen atoms in total. The lowest BCUT2D eigenvalue weighted by molar-refractivity contribution is -0.131. The summed E-state index contributed by atoms with van der Waals surface area (Å²) in [5.41, 5.74) is 1.21. The lowest BCUT2D eigenvalue weighted by Crippen LogP contribution is -2.42. The molecule has 1 N–H and O–H groups in total. The van der Waals surface area contributed by atoms with Crippen LogP contribution in [-0.2, 0) is 11.3 Å². The van der Waals surface area contributed by atoms with Crippen LogP contribution in [0, 0.1) is 14.9 Å². The van der Waals surface area contributed by atoms with Crippen molar-refractivity contribution >= 4 is 50.3 Å². The zero-order valence-electron chi connectivity index (χ0n) is 14.9. The van der Waals surface area contributed by atoms with Crippen molar-refractivity contribution in [3.63, 3.8) is 0 Å². The molecule has 0 aliphatic carbocycles. The van der Waals surface area contributed by atoms with Gasteiger partial charge in [-0.1, -0.05) is 12.1 Å². The molecule has 1 fully saturated rings. The van der Waals surface area contributed by atoms with Crippen LogP contribution in [0.15, 0.2) is 35.1 Å². The van der Waals surface area contributed by atoms with E-state index in [0.717, 1.165) is 14.0 Å². The van der Waals surface area contributed by atoms with Gasteiger partial charge in [0.15, 0.2) is 0 Å². The second-order valence-corrected chi connectivity index (χ2v) is 8.56. The summed E-state index contributed by atoms with van der Waals surface area (Å²) in [6.07, 6.45) is 0.837. The van der Waals surface area contributed by atoms with E-state index in [1.54, 1.807) is 10.8 Å². The summed E-state index contributed by atoms with van der Waals surface area (Å²) < 4.78 is 29.9. The SMILES string of the molecule is N#C[C@@H]1CC(F)(F)CN1C(=O)CNC(=O)c1cn(Cc2ccc(I)cc2)nc1Br. The average molecular weight is 578 g/mol. The minimum Gasteiger partial charge on any atom is -0.343 e. The topological polar surface area (TPSA) is 91.0 Å². The van der Waals surface area contributed by atoms with E-state index < -0.39 is 43.3 Å². The highest BCUT2D eigenvalue weighted by atomic mass is 127. The second-order valence-electron chi connectivity index (χ2n) is 6.57. The predicted octanol–water partition coefficient (Wildman–Crippen LogP) is 2.79. The Morgan fingerprint density at radius 1 is 1.38 bits per heavy atom. The minimum atomic E-state index is -3.10. The number of benzene rings is 1. The van der Waals surface area contributed by atoms with E-state index >= 15 is 0 Å². The molecule has 0 unspecified atom stereocenters. The molecule has 0 saturated carbocycles. The van der Waals surface area contributed by atoms with E-state index in [0.29, 0.717) is 11.1 Å². The molecule has 2 heterocycles. The number of halogens is 4. The Kier molecular flexibility index (Phi) is 6.52. The number of nitrogens with zero attached hydrogens (tertiary/aromatic N) is 4. The molecule has 29 heavy (non-hydrogen) atoms. The maximum Gasteiger partial charge on any atom is 0.268 e. The first-order valence-electron chi connectivity index (χ1n) is 8.51. The molecule has 1 aliphatic rings. The van der Waals surface area contributed by atoms with Gasteiger partial charge >= 0.3 is 0 Å². The number of carbonyl (C=O) groups excluding carboxylic acids is 2. The quantitative estimate of drug-likeness (QED) is 0.553. The van der Waals surface area contributed by atoms with Crippen LogP contribution in [0.25, 0.3) is 0 Å². The second kappa shape index (κ2) is 8.74. The molecule has 11 heteroatoms. The van der Waals surface area contributed by atoms with Gasteiger partial charge in [-0.15, -0.1) is 0 Å². The van der Waals surface area contributed by atoms with Crippen molar-refractivity contribution in [2.24, 2.45) is 0 Å².